The van der Waals surface area contributed by atoms with E-state index < -0.39 is 0 Å². The van der Waals surface area contributed by atoms with E-state index in [0.29, 0.717) is 5.69 Å². The van der Waals surface area contributed by atoms with E-state index in [9.17, 15) is 4.79 Å². The second-order valence-corrected chi connectivity index (χ2v) is 7.87. The molecule has 1 fully saturated rings. The van der Waals surface area contributed by atoms with Gasteiger partial charge in [-0.2, -0.15) is 5.10 Å². The lowest BCUT2D eigenvalue weighted by Crippen LogP contribution is -2.35. The van der Waals surface area contributed by atoms with E-state index in [1.165, 1.54) is 4.88 Å². The summed E-state index contributed by atoms with van der Waals surface area (Å²) in [6, 6.07) is 8.04. The predicted molar refractivity (Wildman–Crippen MR) is 103 cm³/mol. The lowest BCUT2D eigenvalue weighted by Gasteiger charge is -2.21. The van der Waals surface area contributed by atoms with Gasteiger partial charge in [-0.25, -0.2) is 9.50 Å². The molecule has 3 aromatic rings. The Hall–Kier alpha value is -2.25. The van der Waals surface area contributed by atoms with Crippen molar-refractivity contribution in [2.24, 2.45) is 0 Å². The molecule has 0 radical (unpaired) electrons. The number of carbonyl (C=O) groups is 1. The van der Waals surface area contributed by atoms with E-state index >= 15 is 0 Å². The van der Waals surface area contributed by atoms with Crippen LogP contribution in [0.25, 0.3) is 5.65 Å². The van der Waals surface area contributed by atoms with E-state index in [1.54, 1.807) is 21.9 Å². The summed E-state index contributed by atoms with van der Waals surface area (Å²) in [6.07, 6.45) is 0.987. The maximum Gasteiger partial charge on any atom is 0.274 e. The molecular formula is C19H23N5OS. The highest BCUT2D eigenvalue weighted by Gasteiger charge is 2.23. The van der Waals surface area contributed by atoms with Crippen molar-refractivity contribution in [1.29, 1.82) is 0 Å². The minimum atomic E-state index is 0.00512. The van der Waals surface area contributed by atoms with Gasteiger partial charge in [0.1, 0.15) is 0 Å². The third kappa shape index (κ3) is 3.50. The number of hydrogen-bond acceptors (Lipinski definition) is 5. The average molecular weight is 369 g/mol. The summed E-state index contributed by atoms with van der Waals surface area (Å²) < 4.78 is 1.75. The highest BCUT2D eigenvalue weighted by Crippen LogP contribution is 2.16. The summed E-state index contributed by atoms with van der Waals surface area (Å²) in [5.74, 6) is 0.00512. The standard InChI is InChI=1S/C19H23N5OS/c1-14-11-15(2)24-18(20-14)12-17(21-24)19(25)23-7-4-6-22(8-9-23)13-16-5-3-10-26-16/h3,5,10-12H,4,6-9,13H2,1-2H3. The Kier molecular flexibility index (Phi) is 4.74. The lowest BCUT2D eigenvalue weighted by molar-refractivity contribution is 0.0755. The first kappa shape index (κ1) is 17.2. The number of rotatable bonds is 3. The Bertz CT molecular complexity index is 918. The Morgan fingerprint density at radius 3 is 2.88 bits per heavy atom. The maximum absolute atomic E-state index is 12.9. The van der Waals surface area contributed by atoms with Crippen LogP contribution in [0.1, 0.15) is 33.2 Å². The van der Waals surface area contributed by atoms with Crippen LogP contribution in [0.2, 0.25) is 0 Å². The Morgan fingerprint density at radius 2 is 2.08 bits per heavy atom. The molecule has 0 N–H and O–H groups in total. The molecule has 1 aliphatic heterocycles. The van der Waals surface area contributed by atoms with Crippen molar-refractivity contribution in [1.82, 2.24) is 24.4 Å². The number of carbonyl (C=O) groups excluding carboxylic acids is 1. The molecule has 6 nitrogen and oxygen atoms in total. The van der Waals surface area contributed by atoms with Gasteiger partial charge >= 0.3 is 0 Å². The Labute approximate surface area is 157 Å². The summed E-state index contributed by atoms with van der Waals surface area (Å²) in [4.78, 5) is 23.2. The van der Waals surface area contributed by atoms with E-state index in [4.69, 9.17) is 0 Å². The highest BCUT2D eigenvalue weighted by molar-refractivity contribution is 7.09. The van der Waals surface area contributed by atoms with Gasteiger partial charge in [0.15, 0.2) is 11.3 Å². The topological polar surface area (TPSA) is 53.7 Å². The van der Waals surface area contributed by atoms with Gasteiger partial charge < -0.3 is 4.90 Å². The van der Waals surface area contributed by atoms with Crippen LogP contribution in [-0.2, 0) is 6.54 Å². The number of aryl methyl sites for hydroxylation is 2. The number of nitrogens with zero attached hydrogens (tertiary/aromatic N) is 5. The lowest BCUT2D eigenvalue weighted by atomic mass is 10.3. The van der Waals surface area contributed by atoms with Crippen molar-refractivity contribution in [3.05, 3.63) is 51.6 Å². The van der Waals surface area contributed by atoms with Crippen LogP contribution >= 0.6 is 11.3 Å². The minimum absolute atomic E-state index is 0.00512. The Balaban J connectivity index is 1.47. The van der Waals surface area contributed by atoms with Gasteiger partial charge in [0, 0.05) is 55.1 Å². The van der Waals surface area contributed by atoms with Gasteiger partial charge in [0.2, 0.25) is 0 Å². The molecule has 0 aliphatic carbocycles. The summed E-state index contributed by atoms with van der Waals surface area (Å²) in [7, 11) is 0. The zero-order chi connectivity index (χ0) is 18.1. The molecule has 26 heavy (non-hydrogen) atoms. The third-order valence-corrected chi connectivity index (χ3v) is 5.65. The largest absolute Gasteiger partial charge is 0.336 e. The van der Waals surface area contributed by atoms with Crippen LogP contribution in [0.4, 0.5) is 0 Å². The second kappa shape index (κ2) is 7.17. The van der Waals surface area contributed by atoms with Gasteiger partial charge in [0.25, 0.3) is 5.91 Å². The number of fused-ring (bicyclic) bond motifs is 1. The predicted octanol–water partition coefficient (Wildman–Crippen LogP) is 2.76. The summed E-state index contributed by atoms with van der Waals surface area (Å²) in [5.41, 5.74) is 3.15. The number of hydrogen-bond donors (Lipinski definition) is 0. The third-order valence-electron chi connectivity index (χ3n) is 4.79. The Morgan fingerprint density at radius 1 is 1.19 bits per heavy atom. The molecule has 0 spiro atoms. The number of aromatic nitrogens is 3. The molecule has 0 saturated carbocycles. The molecule has 0 atom stereocenters. The van der Waals surface area contributed by atoms with Crippen LogP contribution in [0.3, 0.4) is 0 Å². The van der Waals surface area contributed by atoms with Crippen molar-refractivity contribution in [2.75, 3.05) is 26.2 Å². The molecule has 1 saturated heterocycles. The zero-order valence-corrected chi connectivity index (χ0v) is 16.0. The quantitative estimate of drug-likeness (QED) is 0.712. The van der Waals surface area contributed by atoms with Crippen LogP contribution in [0, 0.1) is 13.8 Å². The molecule has 1 aliphatic rings. The molecule has 7 heteroatoms. The molecule has 136 valence electrons. The van der Waals surface area contributed by atoms with Crippen molar-refractivity contribution < 1.29 is 4.79 Å². The fourth-order valence-corrected chi connectivity index (χ4v) is 4.25. The number of thiophene rings is 1. The van der Waals surface area contributed by atoms with Crippen molar-refractivity contribution in [3.63, 3.8) is 0 Å². The molecule has 0 bridgehead atoms. The monoisotopic (exact) mass is 369 g/mol. The second-order valence-electron chi connectivity index (χ2n) is 6.84. The zero-order valence-electron chi connectivity index (χ0n) is 15.2. The van der Waals surface area contributed by atoms with Crippen LogP contribution < -0.4 is 0 Å². The van der Waals surface area contributed by atoms with E-state index in [1.807, 2.05) is 24.8 Å². The maximum atomic E-state index is 12.9. The first-order chi connectivity index (χ1) is 12.6. The van der Waals surface area contributed by atoms with Gasteiger partial charge in [-0.05, 0) is 37.8 Å². The highest BCUT2D eigenvalue weighted by atomic mass is 32.1. The molecule has 0 unspecified atom stereocenters. The van der Waals surface area contributed by atoms with E-state index in [-0.39, 0.29) is 5.91 Å². The molecule has 3 aromatic heterocycles. The van der Waals surface area contributed by atoms with Crippen LogP contribution in [-0.4, -0.2) is 56.5 Å². The van der Waals surface area contributed by atoms with Gasteiger partial charge in [-0.15, -0.1) is 11.3 Å². The molecule has 0 aromatic carbocycles. The molecule has 4 heterocycles. The molecule has 4 rings (SSSR count). The number of amides is 1. The smallest absolute Gasteiger partial charge is 0.274 e. The molecular weight excluding hydrogens is 346 g/mol. The van der Waals surface area contributed by atoms with Gasteiger partial charge in [0.05, 0.1) is 0 Å². The summed E-state index contributed by atoms with van der Waals surface area (Å²) >= 11 is 1.79. The van der Waals surface area contributed by atoms with Gasteiger partial charge in [-0.1, -0.05) is 6.07 Å². The van der Waals surface area contributed by atoms with Crippen molar-refractivity contribution >= 4 is 22.9 Å². The fourth-order valence-electron chi connectivity index (χ4n) is 3.51. The molecule has 1 amide bonds. The van der Waals surface area contributed by atoms with Crippen molar-refractivity contribution in [3.8, 4) is 0 Å². The SMILES string of the molecule is Cc1cc(C)n2nc(C(=O)N3CCCN(Cc4cccs4)CC3)cc2n1. The van der Waals surface area contributed by atoms with E-state index in [2.05, 4.69) is 32.5 Å². The minimum Gasteiger partial charge on any atom is -0.336 e. The van der Waals surface area contributed by atoms with E-state index in [0.717, 1.165) is 56.2 Å². The van der Waals surface area contributed by atoms with Crippen molar-refractivity contribution in [2.45, 2.75) is 26.8 Å². The van der Waals surface area contributed by atoms with Crippen LogP contribution in [0.5, 0.6) is 0 Å². The fraction of sp³-hybridized carbons (Fsp3) is 0.421. The first-order valence-electron chi connectivity index (χ1n) is 8.98. The van der Waals surface area contributed by atoms with Crippen LogP contribution in [0.15, 0.2) is 29.6 Å². The summed E-state index contributed by atoms with van der Waals surface area (Å²) in [6.45, 7) is 8.34. The average Bonchev–Trinajstić information content (AvgIpc) is 3.20. The van der Waals surface area contributed by atoms with Gasteiger partial charge in [-0.3, -0.25) is 9.69 Å². The summed E-state index contributed by atoms with van der Waals surface area (Å²) in [5, 5.41) is 6.61. The normalized spacial score (nSPS) is 16.2. The first-order valence-corrected chi connectivity index (χ1v) is 9.86.